The lowest BCUT2D eigenvalue weighted by atomic mass is 9.99. The molecule has 1 fully saturated rings. The Hall–Kier alpha value is -2.28. The first-order chi connectivity index (χ1) is 13.5. The van der Waals surface area contributed by atoms with Crippen LogP contribution in [0, 0.1) is 12.8 Å². The van der Waals surface area contributed by atoms with E-state index in [1.54, 1.807) is 0 Å². The van der Waals surface area contributed by atoms with Gasteiger partial charge in [0, 0.05) is 30.5 Å². The molecule has 2 heterocycles. The van der Waals surface area contributed by atoms with Gasteiger partial charge >= 0.3 is 0 Å². The van der Waals surface area contributed by atoms with Crippen molar-refractivity contribution in [1.82, 2.24) is 10.2 Å². The van der Waals surface area contributed by atoms with E-state index in [0.717, 1.165) is 41.9 Å². The molecule has 1 aliphatic heterocycles. The van der Waals surface area contributed by atoms with Gasteiger partial charge in [-0.3, -0.25) is 9.59 Å². The van der Waals surface area contributed by atoms with E-state index in [0.29, 0.717) is 18.1 Å². The van der Waals surface area contributed by atoms with Gasteiger partial charge in [0.1, 0.15) is 5.01 Å². The van der Waals surface area contributed by atoms with Gasteiger partial charge in [-0.05, 0) is 37.5 Å². The van der Waals surface area contributed by atoms with E-state index >= 15 is 0 Å². The zero-order valence-corrected chi connectivity index (χ0v) is 17.6. The summed E-state index contributed by atoms with van der Waals surface area (Å²) in [7, 11) is 0. The lowest BCUT2D eigenvalue weighted by molar-refractivity contribution is -0.120. The Morgan fingerprint density at radius 3 is 2.89 bits per heavy atom. The van der Waals surface area contributed by atoms with Gasteiger partial charge in [-0.1, -0.05) is 50.2 Å². The fourth-order valence-corrected chi connectivity index (χ4v) is 4.38. The van der Waals surface area contributed by atoms with Crippen LogP contribution in [0.25, 0.3) is 0 Å². The minimum atomic E-state index is 0.0113. The molecule has 1 N–H and O–H groups in total. The number of hydrogen-bond acceptors (Lipinski definition) is 5. The highest BCUT2D eigenvalue weighted by Crippen LogP contribution is 2.34. The van der Waals surface area contributed by atoms with Crippen LogP contribution in [0.2, 0.25) is 0 Å². The summed E-state index contributed by atoms with van der Waals surface area (Å²) >= 11 is 1.38. The van der Waals surface area contributed by atoms with Crippen molar-refractivity contribution in [1.29, 1.82) is 0 Å². The maximum absolute atomic E-state index is 12.5. The number of carbonyl (C=O) groups excluding carboxylic acids is 2. The first kappa shape index (κ1) is 20.5. The third-order valence-corrected chi connectivity index (χ3v) is 6.23. The number of aryl methyl sites for hydroxylation is 1. The van der Waals surface area contributed by atoms with Gasteiger partial charge in [-0.15, -0.1) is 10.2 Å². The molecule has 0 radical (unpaired) electrons. The fourth-order valence-electron chi connectivity index (χ4n) is 3.55. The molecule has 1 aliphatic rings. The highest BCUT2D eigenvalue weighted by molar-refractivity contribution is 7.15. The summed E-state index contributed by atoms with van der Waals surface area (Å²) in [5, 5.41) is 12.6. The molecule has 150 valence electrons. The Bertz CT molecular complexity index is 835. The number of nitrogens with one attached hydrogen (secondary N) is 1. The van der Waals surface area contributed by atoms with Crippen LogP contribution in [-0.2, 0) is 9.59 Å². The Kier molecular flexibility index (Phi) is 6.78. The number of unbranched alkanes of at least 4 members (excludes halogenated alkanes) is 1. The number of carbonyl (C=O) groups is 2. The second kappa shape index (κ2) is 9.28. The topological polar surface area (TPSA) is 75.2 Å². The Morgan fingerprint density at radius 1 is 1.36 bits per heavy atom. The van der Waals surface area contributed by atoms with Gasteiger partial charge in [0.25, 0.3) is 0 Å². The molecular formula is C21H28N4O2S. The number of rotatable bonds is 8. The summed E-state index contributed by atoms with van der Waals surface area (Å²) in [6.07, 6.45) is 4.27. The van der Waals surface area contributed by atoms with Gasteiger partial charge in [0.05, 0.1) is 0 Å². The molecule has 28 heavy (non-hydrogen) atoms. The summed E-state index contributed by atoms with van der Waals surface area (Å²) in [6, 6.07) is 7.96. The van der Waals surface area contributed by atoms with Crippen LogP contribution < -0.4 is 10.2 Å². The smallest absolute Gasteiger partial charge is 0.229 e. The largest absolute Gasteiger partial charge is 0.312 e. The minimum Gasteiger partial charge on any atom is -0.312 e. The maximum atomic E-state index is 12.5. The van der Waals surface area contributed by atoms with Crippen molar-refractivity contribution in [2.45, 2.75) is 58.8 Å². The van der Waals surface area contributed by atoms with E-state index in [1.165, 1.54) is 11.3 Å². The number of anilines is 2. The van der Waals surface area contributed by atoms with E-state index in [2.05, 4.69) is 22.4 Å². The molecular weight excluding hydrogens is 372 g/mol. The second-order valence-electron chi connectivity index (χ2n) is 7.43. The van der Waals surface area contributed by atoms with Crippen molar-refractivity contribution in [3.05, 3.63) is 34.8 Å². The van der Waals surface area contributed by atoms with Crippen molar-refractivity contribution >= 4 is 34.0 Å². The zero-order chi connectivity index (χ0) is 20.1. The van der Waals surface area contributed by atoms with Crippen LogP contribution in [0.3, 0.4) is 0 Å². The average molecular weight is 401 g/mol. The summed E-state index contributed by atoms with van der Waals surface area (Å²) < 4.78 is 0. The predicted molar refractivity (Wildman–Crippen MR) is 113 cm³/mol. The highest BCUT2D eigenvalue weighted by atomic mass is 32.1. The molecule has 2 amide bonds. The van der Waals surface area contributed by atoms with Crippen LogP contribution in [0.5, 0.6) is 0 Å². The Labute approximate surface area is 170 Å². The van der Waals surface area contributed by atoms with Crippen molar-refractivity contribution in [2.24, 2.45) is 5.92 Å². The molecule has 2 atom stereocenters. The summed E-state index contributed by atoms with van der Waals surface area (Å²) in [4.78, 5) is 26.8. The normalized spacial score (nSPS) is 17.8. The van der Waals surface area contributed by atoms with Crippen molar-refractivity contribution in [2.75, 3.05) is 16.8 Å². The van der Waals surface area contributed by atoms with Crippen molar-refractivity contribution < 1.29 is 9.59 Å². The number of hydrogen-bond donors (Lipinski definition) is 1. The van der Waals surface area contributed by atoms with E-state index in [9.17, 15) is 9.59 Å². The fraction of sp³-hybridized carbons (Fsp3) is 0.524. The standard InChI is InChI=1S/C21H28N4O2S/c1-4-6-9-15(5-2)19(27)22-21-24-23-20(28-21)16-12-18(26)25(13-16)17-10-7-8-14(3)11-17/h7-8,10-11,15-16H,4-6,9,12-13H2,1-3H3,(H,22,24,27). The maximum Gasteiger partial charge on any atom is 0.229 e. The molecule has 1 aromatic carbocycles. The molecule has 0 saturated carbocycles. The summed E-state index contributed by atoms with van der Waals surface area (Å²) in [6.45, 7) is 6.78. The van der Waals surface area contributed by atoms with Gasteiger partial charge in [0.2, 0.25) is 16.9 Å². The molecule has 2 aromatic rings. The molecule has 2 unspecified atom stereocenters. The van der Waals surface area contributed by atoms with Crippen LogP contribution in [-0.4, -0.2) is 28.6 Å². The quantitative estimate of drug-likeness (QED) is 0.707. The minimum absolute atomic E-state index is 0.0113. The predicted octanol–water partition coefficient (Wildman–Crippen LogP) is 4.52. The van der Waals surface area contributed by atoms with E-state index < -0.39 is 0 Å². The molecule has 7 heteroatoms. The average Bonchev–Trinajstić information content (AvgIpc) is 3.29. The molecule has 6 nitrogen and oxygen atoms in total. The first-order valence-corrected chi connectivity index (χ1v) is 10.8. The number of aromatic nitrogens is 2. The lowest BCUT2D eigenvalue weighted by Gasteiger charge is -2.16. The first-order valence-electron chi connectivity index (χ1n) is 10.0. The monoisotopic (exact) mass is 400 g/mol. The highest BCUT2D eigenvalue weighted by Gasteiger charge is 2.34. The van der Waals surface area contributed by atoms with Gasteiger partial charge in [-0.2, -0.15) is 0 Å². The van der Waals surface area contributed by atoms with E-state index in [-0.39, 0.29) is 23.7 Å². The number of amides is 2. The third kappa shape index (κ3) is 4.76. The van der Waals surface area contributed by atoms with Crippen molar-refractivity contribution in [3.8, 4) is 0 Å². The third-order valence-electron chi connectivity index (χ3n) is 5.23. The molecule has 0 spiro atoms. The van der Waals surface area contributed by atoms with Crippen LogP contribution in [0.4, 0.5) is 10.8 Å². The molecule has 1 saturated heterocycles. The summed E-state index contributed by atoms with van der Waals surface area (Å²) in [5.74, 6) is 0.139. The second-order valence-corrected chi connectivity index (χ2v) is 8.44. The molecule has 3 rings (SSSR count). The number of benzene rings is 1. The van der Waals surface area contributed by atoms with E-state index in [4.69, 9.17) is 0 Å². The Morgan fingerprint density at radius 2 is 2.18 bits per heavy atom. The molecule has 1 aromatic heterocycles. The van der Waals surface area contributed by atoms with Crippen molar-refractivity contribution in [3.63, 3.8) is 0 Å². The van der Waals surface area contributed by atoms with Crippen LogP contribution in [0.1, 0.15) is 62.4 Å². The zero-order valence-electron chi connectivity index (χ0n) is 16.8. The lowest BCUT2D eigenvalue weighted by Crippen LogP contribution is -2.24. The number of nitrogens with zero attached hydrogens (tertiary/aromatic N) is 3. The van der Waals surface area contributed by atoms with Crippen LogP contribution >= 0.6 is 11.3 Å². The summed E-state index contributed by atoms with van der Waals surface area (Å²) in [5.41, 5.74) is 2.05. The molecule has 0 bridgehead atoms. The molecule has 0 aliphatic carbocycles. The SMILES string of the molecule is CCCCC(CC)C(=O)Nc1nnc(C2CC(=O)N(c3cccc(C)c3)C2)s1. The van der Waals surface area contributed by atoms with Gasteiger partial charge in [-0.25, -0.2) is 0 Å². The van der Waals surface area contributed by atoms with Gasteiger partial charge in [0.15, 0.2) is 0 Å². The Balaban J connectivity index is 1.64. The van der Waals surface area contributed by atoms with E-state index in [1.807, 2.05) is 43.0 Å². The van der Waals surface area contributed by atoms with Crippen LogP contribution in [0.15, 0.2) is 24.3 Å². The van der Waals surface area contributed by atoms with Gasteiger partial charge < -0.3 is 10.2 Å².